The summed E-state index contributed by atoms with van der Waals surface area (Å²) < 4.78 is 0. The van der Waals surface area contributed by atoms with E-state index in [0.717, 1.165) is 36.8 Å². The lowest BCUT2D eigenvalue weighted by molar-refractivity contribution is -0.310. The summed E-state index contributed by atoms with van der Waals surface area (Å²) in [6, 6.07) is 1.73. The van der Waals surface area contributed by atoms with E-state index >= 15 is 0 Å². The highest BCUT2D eigenvalue weighted by atomic mass is 16.7. The van der Waals surface area contributed by atoms with Gasteiger partial charge < -0.3 is 10.2 Å². The number of carboxylic acids is 1. The van der Waals surface area contributed by atoms with Gasteiger partial charge in [0.1, 0.15) is 5.75 Å². The van der Waals surface area contributed by atoms with Crippen molar-refractivity contribution in [3.05, 3.63) is 28.3 Å². The van der Waals surface area contributed by atoms with Gasteiger partial charge in [-0.2, -0.15) is 5.06 Å². The number of hydroxylamine groups is 2. The summed E-state index contributed by atoms with van der Waals surface area (Å²) in [6.45, 7) is 21.1. The monoisotopic (exact) mass is 487 g/mol. The normalized spacial score (nSPS) is 22.3. The van der Waals surface area contributed by atoms with Gasteiger partial charge in [0.2, 0.25) is 0 Å². The van der Waals surface area contributed by atoms with E-state index in [1.165, 1.54) is 19.3 Å². The van der Waals surface area contributed by atoms with Gasteiger partial charge in [0, 0.05) is 22.2 Å². The topological polar surface area (TPSA) is 70.0 Å². The van der Waals surface area contributed by atoms with Crippen molar-refractivity contribution in [1.82, 2.24) is 5.06 Å². The Kier molecular flexibility index (Phi) is 7.49. The fraction of sp³-hybridized carbons (Fsp3) is 0.767. The van der Waals surface area contributed by atoms with Crippen LogP contribution in [0.1, 0.15) is 147 Å². The predicted octanol–water partition coefficient (Wildman–Crippen LogP) is 7.69. The largest absolute Gasteiger partial charge is 0.507 e. The molecule has 0 aromatic heterocycles. The number of carboxylic acid groups (broad SMARTS) is 1. The van der Waals surface area contributed by atoms with E-state index in [9.17, 15) is 15.0 Å². The fourth-order valence-electron chi connectivity index (χ4n) is 6.69. The standard InChI is InChI=1S/C30H49NO4/c1-27(2,3)22-16-21(26(33)34)23(24(25(22)32)28(4,5)6)19-17-29(7,8)31(30(9,10)18-19)35-20-14-12-11-13-15-20/h16,19-20,32H,11-15,17-18H2,1-10H3,(H,33,34). The second-order valence-corrected chi connectivity index (χ2v) is 14.3. The molecule has 2 aliphatic rings. The van der Waals surface area contributed by atoms with Gasteiger partial charge in [0.15, 0.2) is 0 Å². The zero-order valence-electron chi connectivity index (χ0n) is 23.8. The molecule has 1 aliphatic carbocycles. The number of phenolic OH excluding ortho intramolecular Hbond substituents is 1. The Morgan fingerprint density at radius 2 is 1.46 bits per heavy atom. The van der Waals surface area contributed by atoms with Crippen LogP contribution in [0.4, 0.5) is 0 Å². The molecule has 0 amide bonds. The second kappa shape index (κ2) is 9.37. The van der Waals surface area contributed by atoms with Crippen molar-refractivity contribution < 1.29 is 19.8 Å². The smallest absolute Gasteiger partial charge is 0.335 e. The molecule has 3 rings (SSSR count). The minimum Gasteiger partial charge on any atom is -0.507 e. The van der Waals surface area contributed by atoms with Crippen molar-refractivity contribution >= 4 is 5.97 Å². The lowest BCUT2D eigenvalue weighted by Gasteiger charge is -2.55. The molecule has 1 aromatic rings. The van der Waals surface area contributed by atoms with Gasteiger partial charge in [-0.15, -0.1) is 0 Å². The Hall–Kier alpha value is -1.59. The Morgan fingerprint density at radius 1 is 0.943 bits per heavy atom. The van der Waals surface area contributed by atoms with E-state index in [-0.39, 0.29) is 34.3 Å². The van der Waals surface area contributed by atoms with E-state index in [1.807, 2.05) is 20.8 Å². The van der Waals surface area contributed by atoms with Gasteiger partial charge in [-0.05, 0) is 81.8 Å². The third kappa shape index (κ3) is 5.72. The average molecular weight is 488 g/mol. The summed E-state index contributed by atoms with van der Waals surface area (Å²) in [5, 5.41) is 24.2. The molecule has 35 heavy (non-hydrogen) atoms. The van der Waals surface area contributed by atoms with Crippen LogP contribution in [-0.2, 0) is 15.7 Å². The highest BCUT2D eigenvalue weighted by Gasteiger charge is 2.49. The fourth-order valence-corrected chi connectivity index (χ4v) is 6.69. The number of aromatic carboxylic acids is 1. The van der Waals surface area contributed by atoms with Gasteiger partial charge in [0.05, 0.1) is 11.7 Å². The molecule has 0 bridgehead atoms. The van der Waals surface area contributed by atoms with Crippen LogP contribution in [0.5, 0.6) is 5.75 Å². The molecule has 2 fully saturated rings. The van der Waals surface area contributed by atoms with Crippen LogP contribution in [0.3, 0.4) is 0 Å². The highest BCUT2D eigenvalue weighted by molar-refractivity contribution is 5.91. The lowest BCUT2D eigenvalue weighted by Crippen LogP contribution is -2.61. The molecule has 1 heterocycles. The maximum atomic E-state index is 12.7. The van der Waals surface area contributed by atoms with E-state index in [1.54, 1.807) is 6.07 Å². The molecule has 5 nitrogen and oxygen atoms in total. The molecule has 0 spiro atoms. The van der Waals surface area contributed by atoms with Crippen molar-refractivity contribution in [3.8, 4) is 5.75 Å². The van der Waals surface area contributed by atoms with Crippen molar-refractivity contribution in [1.29, 1.82) is 0 Å². The second-order valence-electron chi connectivity index (χ2n) is 14.3. The summed E-state index contributed by atoms with van der Waals surface area (Å²) in [5.74, 6) is -0.680. The minimum absolute atomic E-state index is 0.00792. The molecular formula is C30H49NO4. The number of phenols is 1. The van der Waals surface area contributed by atoms with Gasteiger partial charge in [0.25, 0.3) is 0 Å². The Bertz CT molecular complexity index is 925. The van der Waals surface area contributed by atoms with E-state index in [4.69, 9.17) is 4.84 Å². The van der Waals surface area contributed by atoms with Gasteiger partial charge in [-0.1, -0.05) is 60.8 Å². The maximum Gasteiger partial charge on any atom is 0.335 e. The number of rotatable bonds is 4. The summed E-state index contributed by atoms with van der Waals surface area (Å²) in [5.41, 5.74) is 1.25. The first kappa shape index (κ1) is 28.0. The molecule has 5 heteroatoms. The first-order valence-electron chi connectivity index (χ1n) is 13.5. The van der Waals surface area contributed by atoms with Gasteiger partial charge >= 0.3 is 5.97 Å². The van der Waals surface area contributed by atoms with Crippen molar-refractivity contribution in [2.45, 2.75) is 148 Å². The number of hydrogen-bond donors (Lipinski definition) is 2. The number of hydrogen-bond acceptors (Lipinski definition) is 4. The molecule has 1 aliphatic heterocycles. The van der Waals surface area contributed by atoms with Crippen LogP contribution in [0.15, 0.2) is 6.07 Å². The van der Waals surface area contributed by atoms with E-state index in [2.05, 4.69) is 53.5 Å². The molecule has 2 N–H and O–H groups in total. The third-order valence-corrected chi connectivity index (χ3v) is 7.93. The number of benzene rings is 1. The zero-order chi connectivity index (χ0) is 26.6. The molecular weight excluding hydrogens is 438 g/mol. The van der Waals surface area contributed by atoms with Crippen molar-refractivity contribution in [2.75, 3.05) is 0 Å². The van der Waals surface area contributed by atoms with E-state index in [0.29, 0.717) is 11.1 Å². The van der Waals surface area contributed by atoms with Crippen LogP contribution in [0.25, 0.3) is 0 Å². The molecule has 1 saturated carbocycles. The first-order valence-corrected chi connectivity index (χ1v) is 13.5. The van der Waals surface area contributed by atoms with Gasteiger partial charge in [-0.25, -0.2) is 4.79 Å². The van der Waals surface area contributed by atoms with Crippen molar-refractivity contribution in [2.24, 2.45) is 0 Å². The minimum atomic E-state index is -0.924. The molecule has 0 radical (unpaired) electrons. The highest BCUT2D eigenvalue weighted by Crippen LogP contribution is 2.52. The van der Waals surface area contributed by atoms with Crippen LogP contribution in [-0.4, -0.2) is 38.4 Å². The van der Waals surface area contributed by atoms with Crippen molar-refractivity contribution in [3.63, 3.8) is 0 Å². The van der Waals surface area contributed by atoms with Crippen LogP contribution in [0.2, 0.25) is 0 Å². The summed E-state index contributed by atoms with van der Waals surface area (Å²) in [7, 11) is 0. The molecule has 0 atom stereocenters. The Balaban J connectivity index is 2.14. The number of piperidine rings is 1. The zero-order valence-corrected chi connectivity index (χ0v) is 23.8. The first-order chi connectivity index (χ1) is 15.9. The molecule has 198 valence electrons. The maximum absolute atomic E-state index is 12.7. The predicted molar refractivity (Wildman–Crippen MR) is 142 cm³/mol. The SMILES string of the molecule is CC(C)(C)c1cc(C(=O)O)c(C2CC(C)(C)N(OC3CCCCC3)C(C)(C)C2)c(C(C)(C)C)c1O. The summed E-state index contributed by atoms with van der Waals surface area (Å²) >= 11 is 0. The van der Waals surface area contributed by atoms with E-state index < -0.39 is 11.4 Å². The third-order valence-electron chi connectivity index (χ3n) is 7.93. The number of carbonyl (C=O) groups is 1. The molecule has 1 aromatic carbocycles. The summed E-state index contributed by atoms with van der Waals surface area (Å²) in [4.78, 5) is 19.3. The van der Waals surface area contributed by atoms with Crippen LogP contribution in [0, 0.1) is 0 Å². The lowest BCUT2D eigenvalue weighted by atomic mass is 9.66. The molecule has 1 saturated heterocycles. The quantitative estimate of drug-likeness (QED) is 0.455. The Labute approximate surface area is 213 Å². The number of aromatic hydroxyl groups is 1. The summed E-state index contributed by atoms with van der Waals surface area (Å²) in [6.07, 6.45) is 7.72. The van der Waals surface area contributed by atoms with Crippen LogP contribution >= 0.6 is 0 Å². The average Bonchev–Trinajstić information content (AvgIpc) is 2.68. The Morgan fingerprint density at radius 3 is 1.89 bits per heavy atom. The van der Waals surface area contributed by atoms with Gasteiger partial charge in [-0.3, -0.25) is 4.84 Å². The van der Waals surface area contributed by atoms with Crippen LogP contribution < -0.4 is 0 Å². The molecule has 0 unspecified atom stereocenters. The number of nitrogens with zero attached hydrogens (tertiary/aromatic N) is 1.